The molecule has 3 aromatic carbocycles. The first-order valence-electron chi connectivity index (χ1n) is 11.4. The molecule has 0 unspecified atom stereocenters. The van der Waals surface area contributed by atoms with Crippen LogP contribution in [0.2, 0.25) is 0 Å². The second-order valence-electron chi connectivity index (χ2n) is 8.63. The minimum Gasteiger partial charge on any atom is -0.309 e. The summed E-state index contributed by atoms with van der Waals surface area (Å²) in [6.45, 7) is 7.52. The van der Waals surface area contributed by atoms with Crippen LogP contribution in [0.4, 0.5) is 5.69 Å². The van der Waals surface area contributed by atoms with Crippen LogP contribution in [0.3, 0.4) is 0 Å². The summed E-state index contributed by atoms with van der Waals surface area (Å²) in [4.78, 5) is 12.4. The van der Waals surface area contributed by atoms with Crippen LogP contribution >= 0.6 is 0 Å². The van der Waals surface area contributed by atoms with Gasteiger partial charge in [0.05, 0.1) is 47.1 Å². The van der Waals surface area contributed by atoms with Crippen molar-refractivity contribution in [1.82, 2.24) is 19.1 Å². The largest absolute Gasteiger partial charge is 0.309 e. The van der Waals surface area contributed by atoms with E-state index >= 15 is 0 Å². The first-order chi connectivity index (χ1) is 17.8. The predicted octanol–water partition coefficient (Wildman–Crippen LogP) is 7.09. The van der Waals surface area contributed by atoms with E-state index in [0.29, 0.717) is 11.3 Å². The van der Waals surface area contributed by atoms with E-state index in [9.17, 15) is 5.26 Å². The molecule has 6 heteroatoms. The summed E-state index contributed by atoms with van der Waals surface area (Å²) in [5, 5.41) is 13.9. The first kappa shape index (κ1) is 20.0. The lowest BCUT2D eigenvalue weighted by Crippen LogP contribution is -1.99. The molecule has 0 radical (unpaired) electrons. The lowest BCUT2D eigenvalue weighted by molar-refractivity contribution is 1.12. The van der Waals surface area contributed by atoms with Gasteiger partial charge in [0, 0.05) is 50.8 Å². The Balaban J connectivity index is 1.56. The standard InChI is InChI=1S/C30H16N6/c1-32-20-6-8-24-26-10-12-34-18-30(26)36(28(24)14-20)22-4-2-3-21(15-22)35-27-13-19(16-31)5-7-23(27)25-9-11-33-17-29(25)35/h2-15,17-18H. The zero-order valence-corrected chi connectivity index (χ0v) is 18.9. The van der Waals surface area contributed by atoms with Crippen LogP contribution in [-0.4, -0.2) is 19.1 Å². The van der Waals surface area contributed by atoms with Crippen LogP contribution in [0.25, 0.3) is 59.8 Å². The molecule has 0 atom stereocenters. The average Bonchev–Trinajstić information content (AvgIpc) is 3.45. The van der Waals surface area contributed by atoms with Gasteiger partial charge in [-0.15, -0.1) is 0 Å². The monoisotopic (exact) mass is 460 g/mol. The molecule has 166 valence electrons. The molecule has 36 heavy (non-hydrogen) atoms. The Morgan fingerprint density at radius 2 is 1.25 bits per heavy atom. The van der Waals surface area contributed by atoms with Crippen molar-refractivity contribution in [2.24, 2.45) is 0 Å². The minimum absolute atomic E-state index is 0.591. The van der Waals surface area contributed by atoms with Crippen LogP contribution in [0.5, 0.6) is 0 Å². The maximum absolute atomic E-state index is 9.54. The number of rotatable bonds is 2. The lowest BCUT2D eigenvalue weighted by atomic mass is 10.1. The SMILES string of the molecule is [C-]#[N+]c1ccc2c3ccncc3n(-c3cccc(-n4c5cnccc5c5ccc(C#N)cc54)c3)c2c1. The molecule has 4 heterocycles. The van der Waals surface area contributed by atoms with Gasteiger partial charge in [-0.25, -0.2) is 4.85 Å². The molecule has 7 rings (SSSR count). The molecule has 0 saturated carbocycles. The summed E-state index contributed by atoms with van der Waals surface area (Å²) < 4.78 is 4.31. The Kier molecular flexibility index (Phi) is 4.17. The van der Waals surface area contributed by atoms with Crippen LogP contribution in [-0.2, 0) is 0 Å². The zero-order valence-electron chi connectivity index (χ0n) is 18.9. The van der Waals surface area contributed by atoms with Crippen molar-refractivity contribution in [1.29, 1.82) is 5.26 Å². The van der Waals surface area contributed by atoms with Crippen LogP contribution in [0, 0.1) is 17.9 Å². The number of nitrogens with zero attached hydrogens (tertiary/aromatic N) is 6. The molecule has 0 N–H and O–H groups in total. The van der Waals surface area contributed by atoms with Gasteiger partial charge in [0.15, 0.2) is 5.69 Å². The van der Waals surface area contributed by atoms with Gasteiger partial charge >= 0.3 is 0 Å². The van der Waals surface area contributed by atoms with Crippen LogP contribution in [0.1, 0.15) is 5.56 Å². The summed E-state index contributed by atoms with van der Waals surface area (Å²) in [6, 6.07) is 26.1. The summed E-state index contributed by atoms with van der Waals surface area (Å²) in [6.07, 6.45) is 7.31. The van der Waals surface area contributed by atoms with Crippen LogP contribution in [0.15, 0.2) is 97.6 Å². The van der Waals surface area contributed by atoms with Crippen molar-refractivity contribution in [3.63, 3.8) is 0 Å². The number of nitriles is 1. The second-order valence-corrected chi connectivity index (χ2v) is 8.63. The van der Waals surface area contributed by atoms with Crippen LogP contribution < -0.4 is 0 Å². The van der Waals surface area contributed by atoms with E-state index in [0.717, 1.165) is 55.0 Å². The first-order valence-corrected chi connectivity index (χ1v) is 11.4. The third-order valence-corrected chi connectivity index (χ3v) is 6.73. The molecular formula is C30H16N6. The third kappa shape index (κ3) is 2.76. The lowest BCUT2D eigenvalue weighted by Gasteiger charge is -2.12. The Bertz CT molecular complexity index is 1930. The van der Waals surface area contributed by atoms with E-state index in [1.54, 1.807) is 12.4 Å². The van der Waals surface area contributed by atoms with Gasteiger partial charge in [0.2, 0.25) is 0 Å². The summed E-state index contributed by atoms with van der Waals surface area (Å²) in [5.74, 6) is 0. The zero-order chi connectivity index (χ0) is 24.2. The number of pyridine rings is 2. The van der Waals surface area contributed by atoms with Crippen molar-refractivity contribution in [2.75, 3.05) is 0 Å². The topological polar surface area (TPSA) is 63.8 Å². The Hall–Kier alpha value is -5.46. The van der Waals surface area contributed by atoms with E-state index in [1.807, 2.05) is 67.0 Å². The third-order valence-electron chi connectivity index (χ3n) is 6.73. The molecule has 0 bridgehead atoms. The Morgan fingerprint density at radius 3 is 1.86 bits per heavy atom. The highest BCUT2D eigenvalue weighted by atomic mass is 15.0. The minimum atomic E-state index is 0.591. The quantitative estimate of drug-likeness (QED) is 0.259. The number of fused-ring (bicyclic) bond motifs is 6. The maximum atomic E-state index is 9.54. The molecule has 0 saturated heterocycles. The van der Waals surface area contributed by atoms with Crippen molar-refractivity contribution in [3.05, 3.63) is 115 Å². The van der Waals surface area contributed by atoms with Gasteiger partial charge in [-0.2, -0.15) is 5.26 Å². The van der Waals surface area contributed by atoms with Crippen molar-refractivity contribution < 1.29 is 0 Å². The van der Waals surface area contributed by atoms with Crippen molar-refractivity contribution >= 4 is 49.3 Å². The summed E-state index contributed by atoms with van der Waals surface area (Å²) in [7, 11) is 0. The number of benzene rings is 3. The van der Waals surface area contributed by atoms with E-state index in [4.69, 9.17) is 6.57 Å². The molecule has 7 aromatic rings. The predicted molar refractivity (Wildman–Crippen MR) is 142 cm³/mol. The Morgan fingerprint density at radius 1 is 0.667 bits per heavy atom. The highest BCUT2D eigenvalue weighted by Gasteiger charge is 2.16. The maximum Gasteiger partial charge on any atom is 0.189 e. The molecule has 0 aliphatic carbocycles. The van der Waals surface area contributed by atoms with E-state index in [2.05, 4.69) is 48.2 Å². The fraction of sp³-hybridized carbons (Fsp3) is 0. The molecule has 6 nitrogen and oxygen atoms in total. The molecule has 0 spiro atoms. The molecule has 4 aromatic heterocycles. The summed E-state index contributed by atoms with van der Waals surface area (Å²) >= 11 is 0. The highest BCUT2D eigenvalue weighted by Crippen LogP contribution is 2.36. The number of hydrogen-bond acceptors (Lipinski definition) is 3. The second kappa shape index (κ2) is 7.53. The smallest absolute Gasteiger partial charge is 0.189 e. The molecule has 0 amide bonds. The van der Waals surface area contributed by atoms with E-state index in [-0.39, 0.29) is 0 Å². The molecular weight excluding hydrogens is 444 g/mol. The molecule has 0 aliphatic heterocycles. The van der Waals surface area contributed by atoms with Gasteiger partial charge in [-0.1, -0.05) is 24.3 Å². The fourth-order valence-corrected chi connectivity index (χ4v) is 5.19. The highest BCUT2D eigenvalue weighted by molar-refractivity contribution is 6.10. The van der Waals surface area contributed by atoms with Gasteiger partial charge in [-0.3, -0.25) is 9.97 Å². The normalized spacial score (nSPS) is 11.3. The Labute approximate surface area is 205 Å². The van der Waals surface area contributed by atoms with E-state index in [1.165, 1.54) is 0 Å². The van der Waals surface area contributed by atoms with Gasteiger partial charge in [-0.05, 0) is 48.5 Å². The number of aromatic nitrogens is 4. The van der Waals surface area contributed by atoms with Gasteiger partial charge < -0.3 is 9.13 Å². The van der Waals surface area contributed by atoms with Crippen molar-refractivity contribution in [3.8, 4) is 17.4 Å². The summed E-state index contributed by atoms with van der Waals surface area (Å²) in [5.41, 5.74) is 6.96. The van der Waals surface area contributed by atoms with Gasteiger partial charge in [0.1, 0.15) is 0 Å². The average molecular weight is 461 g/mol. The molecule has 0 aliphatic rings. The van der Waals surface area contributed by atoms with Gasteiger partial charge in [0.25, 0.3) is 0 Å². The number of hydrogen-bond donors (Lipinski definition) is 0. The molecule has 0 fully saturated rings. The fourth-order valence-electron chi connectivity index (χ4n) is 5.19. The van der Waals surface area contributed by atoms with E-state index < -0.39 is 0 Å². The van der Waals surface area contributed by atoms with Crippen molar-refractivity contribution in [2.45, 2.75) is 0 Å².